The average molecular weight is 132 g/mol. The number of rotatable bonds is 2. The molecule has 0 radical (unpaired) electrons. The zero-order valence-corrected chi connectivity index (χ0v) is 6.00. The summed E-state index contributed by atoms with van der Waals surface area (Å²) >= 11 is 5.76. The zero-order valence-electron chi connectivity index (χ0n) is 5.24. The number of hydrogen-bond donors (Lipinski definition) is 0. The molecule has 0 rings (SSSR count). The van der Waals surface area contributed by atoms with Gasteiger partial charge in [0.15, 0.2) is 0 Å². The van der Waals surface area contributed by atoms with Gasteiger partial charge in [0.2, 0.25) is 0 Å². The molecule has 0 N–H and O–H groups in total. The Balaban J connectivity index is 3.28. The summed E-state index contributed by atoms with van der Waals surface area (Å²) in [6.07, 6.45) is 1.32. The molecule has 0 aromatic heterocycles. The van der Waals surface area contributed by atoms with Gasteiger partial charge in [0, 0.05) is 11.3 Å². The molecule has 0 amide bonds. The van der Waals surface area contributed by atoms with Crippen LogP contribution >= 0.6 is 11.6 Å². The molecule has 0 aliphatic carbocycles. The maximum Gasteiger partial charge on any atom is 0.0622 e. The quantitative estimate of drug-likeness (QED) is 0.528. The second-order valence-corrected chi connectivity index (χ2v) is 3.40. The van der Waals surface area contributed by atoms with Crippen molar-refractivity contribution in [1.82, 2.24) is 0 Å². The van der Waals surface area contributed by atoms with Crippen LogP contribution in [0, 0.1) is 11.3 Å². The van der Waals surface area contributed by atoms with Gasteiger partial charge in [0.25, 0.3) is 0 Å². The number of alkyl halides is 1. The maximum absolute atomic E-state index is 8.12. The minimum absolute atomic E-state index is 0.199. The van der Waals surface area contributed by atoms with Crippen LogP contribution in [0.5, 0.6) is 0 Å². The van der Waals surface area contributed by atoms with Gasteiger partial charge in [-0.2, -0.15) is 5.26 Å². The van der Waals surface area contributed by atoms with Gasteiger partial charge >= 0.3 is 0 Å². The molecule has 2 heteroatoms. The Kier molecular flexibility index (Phi) is 2.86. The predicted octanol–water partition coefficient (Wildman–Crippen LogP) is 2.31. The van der Waals surface area contributed by atoms with E-state index in [1.165, 1.54) is 0 Å². The number of halogens is 1. The van der Waals surface area contributed by atoms with E-state index in [0.717, 1.165) is 6.42 Å². The van der Waals surface area contributed by atoms with Gasteiger partial charge in [-0.25, -0.2) is 0 Å². The molecule has 0 aliphatic heterocycles. The van der Waals surface area contributed by atoms with Crippen molar-refractivity contribution >= 4 is 11.6 Å². The standard InChI is InChI=1S/C6H10ClN/c1-6(2,7)4-3-5-8/h3-4H2,1-2H3. The smallest absolute Gasteiger partial charge is 0.0622 e. The van der Waals surface area contributed by atoms with E-state index in [1.54, 1.807) is 0 Å². The molecule has 0 aromatic rings. The van der Waals surface area contributed by atoms with Crippen molar-refractivity contribution in [2.24, 2.45) is 0 Å². The summed E-state index contributed by atoms with van der Waals surface area (Å²) in [6, 6.07) is 2.04. The van der Waals surface area contributed by atoms with E-state index in [0.29, 0.717) is 6.42 Å². The molecule has 0 fully saturated rings. The topological polar surface area (TPSA) is 23.8 Å². The van der Waals surface area contributed by atoms with Gasteiger partial charge in [-0.15, -0.1) is 11.6 Å². The van der Waals surface area contributed by atoms with E-state index in [9.17, 15) is 0 Å². The molecule has 0 bridgehead atoms. The Bertz CT molecular complexity index is 96.1. The van der Waals surface area contributed by atoms with Gasteiger partial charge in [0.1, 0.15) is 0 Å². The average Bonchev–Trinajstić information content (AvgIpc) is 1.59. The van der Waals surface area contributed by atoms with Crippen LogP contribution in [0.3, 0.4) is 0 Å². The molecule has 1 nitrogen and oxygen atoms in total. The van der Waals surface area contributed by atoms with Crippen LogP contribution in [0.1, 0.15) is 26.7 Å². The second kappa shape index (κ2) is 2.94. The van der Waals surface area contributed by atoms with Crippen molar-refractivity contribution in [3.63, 3.8) is 0 Å². The molecule has 0 aromatic carbocycles. The highest BCUT2D eigenvalue weighted by molar-refractivity contribution is 6.23. The van der Waals surface area contributed by atoms with E-state index in [-0.39, 0.29) is 4.87 Å². The highest BCUT2D eigenvalue weighted by Crippen LogP contribution is 2.18. The van der Waals surface area contributed by atoms with Gasteiger partial charge in [-0.1, -0.05) is 0 Å². The summed E-state index contributed by atoms with van der Waals surface area (Å²) in [6.45, 7) is 3.82. The lowest BCUT2D eigenvalue weighted by molar-refractivity contribution is 0.640. The molecule has 0 aliphatic rings. The Labute approximate surface area is 55.3 Å². The molecule has 0 spiro atoms. The molecule has 8 heavy (non-hydrogen) atoms. The Morgan fingerprint density at radius 2 is 2.12 bits per heavy atom. The number of nitrogens with zero attached hydrogens (tertiary/aromatic N) is 1. The van der Waals surface area contributed by atoms with E-state index < -0.39 is 0 Å². The van der Waals surface area contributed by atoms with E-state index in [4.69, 9.17) is 16.9 Å². The van der Waals surface area contributed by atoms with Crippen molar-refractivity contribution < 1.29 is 0 Å². The van der Waals surface area contributed by atoms with Crippen molar-refractivity contribution in [2.75, 3.05) is 0 Å². The summed E-state index contributed by atoms with van der Waals surface area (Å²) in [5.74, 6) is 0. The summed E-state index contributed by atoms with van der Waals surface area (Å²) in [5, 5.41) is 8.12. The first kappa shape index (κ1) is 7.78. The van der Waals surface area contributed by atoms with E-state index in [1.807, 2.05) is 19.9 Å². The minimum atomic E-state index is -0.199. The Morgan fingerprint density at radius 1 is 1.62 bits per heavy atom. The molecule has 0 unspecified atom stereocenters. The lowest BCUT2D eigenvalue weighted by atomic mass is 10.1. The van der Waals surface area contributed by atoms with Gasteiger partial charge in [0.05, 0.1) is 6.07 Å². The third-order valence-corrected chi connectivity index (χ3v) is 1.02. The van der Waals surface area contributed by atoms with Crippen LogP contribution in [0.2, 0.25) is 0 Å². The van der Waals surface area contributed by atoms with E-state index >= 15 is 0 Å². The normalized spacial score (nSPS) is 10.8. The molecule has 0 heterocycles. The third kappa shape index (κ3) is 5.78. The van der Waals surface area contributed by atoms with Gasteiger partial charge in [-0.05, 0) is 20.3 Å². The predicted molar refractivity (Wildman–Crippen MR) is 34.8 cm³/mol. The minimum Gasteiger partial charge on any atom is -0.198 e. The first-order valence-corrected chi connectivity index (χ1v) is 3.00. The van der Waals surface area contributed by atoms with Crippen LogP contribution in [0.15, 0.2) is 0 Å². The summed E-state index contributed by atoms with van der Waals surface area (Å²) in [4.78, 5) is -0.199. The lowest BCUT2D eigenvalue weighted by Gasteiger charge is -2.11. The van der Waals surface area contributed by atoms with Crippen molar-refractivity contribution in [3.05, 3.63) is 0 Å². The molecular weight excluding hydrogens is 122 g/mol. The molecule has 0 saturated heterocycles. The highest BCUT2D eigenvalue weighted by Gasteiger charge is 2.10. The van der Waals surface area contributed by atoms with Crippen molar-refractivity contribution in [1.29, 1.82) is 5.26 Å². The summed E-state index contributed by atoms with van der Waals surface area (Å²) in [7, 11) is 0. The van der Waals surface area contributed by atoms with Crippen molar-refractivity contribution in [2.45, 2.75) is 31.6 Å². The fourth-order valence-corrected chi connectivity index (χ4v) is 0.448. The van der Waals surface area contributed by atoms with Gasteiger partial charge in [-0.3, -0.25) is 0 Å². The highest BCUT2D eigenvalue weighted by atomic mass is 35.5. The summed E-state index contributed by atoms with van der Waals surface area (Å²) in [5.41, 5.74) is 0. The van der Waals surface area contributed by atoms with Crippen molar-refractivity contribution in [3.8, 4) is 6.07 Å². The molecule has 46 valence electrons. The third-order valence-electron chi connectivity index (χ3n) is 0.831. The fraction of sp³-hybridized carbons (Fsp3) is 0.833. The Morgan fingerprint density at radius 3 is 2.25 bits per heavy atom. The fourth-order valence-electron chi connectivity index (χ4n) is 0.353. The molecule has 0 atom stereocenters. The van der Waals surface area contributed by atoms with Crippen LogP contribution in [0.25, 0.3) is 0 Å². The van der Waals surface area contributed by atoms with Crippen LogP contribution < -0.4 is 0 Å². The maximum atomic E-state index is 8.12. The number of nitriles is 1. The lowest BCUT2D eigenvalue weighted by Crippen LogP contribution is -2.08. The number of hydrogen-bond acceptors (Lipinski definition) is 1. The Hall–Kier alpha value is -0.220. The van der Waals surface area contributed by atoms with Crippen LogP contribution in [0.4, 0.5) is 0 Å². The van der Waals surface area contributed by atoms with E-state index in [2.05, 4.69) is 0 Å². The first-order chi connectivity index (χ1) is 3.56. The monoisotopic (exact) mass is 131 g/mol. The SMILES string of the molecule is CC(C)(Cl)CCC#N. The largest absolute Gasteiger partial charge is 0.198 e. The van der Waals surface area contributed by atoms with Crippen LogP contribution in [-0.4, -0.2) is 4.87 Å². The molecular formula is C6H10ClN. The zero-order chi connectivity index (χ0) is 6.62. The second-order valence-electron chi connectivity index (χ2n) is 2.38. The molecule has 0 saturated carbocycles. The van der Waals surface area contributed by atoms with Gasteiger partial charge < -0.3 is 0 Å². The van der Waals surface area contributed by atoms with Crippen LogP contribution in [-0.2, 0) is 0 Å². The first-order valence-electron chi connectivity index (χ1n) is 2.62. The summed E-state index contributed by atoms with van der Waals surface area (Å²) < 4.78 is 0.